The van der Waals surface area contributed by atoms with Gasteiger partial charge in [0.25, 0.3) is 5.91 Å². The first-order valence-corrected chi connectivity index (χ1v) is 9.12. The first-order valence-electron chi connectivity index (χ1n) is 7.40. The van der Waals surface area contributed by atoms with Crippen molar-refractivity contribution in [2.45, 2.75) is 30.3 Å². The molecular formula is C16H18N2O5S. The normalized spacial score (nSPS) is 16.2. The number of ketones is 1. The smallest absolute Gasteiger partial charge is 0.252 e. The number of Topliss-reactive ketones (excluding diaryl/α,β-unsaturated/α-hetero) is 1. The van der Waals surface area contributed by atoms with Crippen LogP contribution in [-0.4, -0.2) is 31.3 Å². The van der Waals surface area contributed by atoms with Crippen LogP contribution in [0.3, 0.4) is 0 Å². The fourth-order valence-electron chi connectivity index (χ4n) is 2.44. The minimum atomic E-state index is -4.17. The summed E-state index contributed by atoms with van der Waals surface area (Å²) in [6.07, 6.45) is 3.05. The van der Waals surface area contributed by atoms with Crippen LogP contribution in [0.4, 0.5) is 0 Å². The highest BCUT2D eigenvalue weighted by atomic mass is 32.2. The van der Waals surface area contributed by atoms with Gasteiger partial charge < -0.3 is 11.1 Å². The molecule has 2 rings (SSSR count). The van der Waals surface area contributed by atoms with Gasteiger partial charge >= 0.3 is 0 Å². The van der Waals surface area contributed by atoms with Gasteiger partial charge in [0.2, 0.25) is 11.2 Å². The van der Waals surface area contributed by atoms with E-state index in [0.29, 0.717) is 18.4 Å². The second kappa shape index (κ2) is 7.39. The van der Waals surface area contributed by atoms with E-state index < -0.39 is 32.7 Å². The first kappa shape index (κ1) is 17.9. The summed E-state index contributed by atoms with van der Waals surface area (Å²) < 4.78 is 24.9. The van der Waals surface area contributed by atoms with Crippen molar-refractivity contribution < 1.29 is 22.8 Å². The molecular weight excluding hydrogens is 332 g/mol. The van der Waals surface area contributed by atoms with Crippen LogP contribution in [0.25, 0.3) is 0 Å². The molecule has 0 spiro atoms. The summed E-state index contributed by atoms with van der Waals surface area (Å²) in [4.78, 5) is 35.5. The molecule has 0 fully saturated rings. The van der Waals surface area contributed by atoms with Crippen LogP contribution in [0.5, 0.6) is 0 Å². The van der Waals surface area contributed by atoms with Crippen LogP contribution in [0.15, 0.2) is 42.1 Å². The first-order chi connectivity index (χ1) is 11.3. The number of rotatable bonds is 6. The Morgan fingerprint density at radius 1 is 1.21 bits per heavy atom. The molecule has 0 unspecified atom stereocenters. The van der Waals surface area contributed by atoms with Crippen LogP contribution in [0, 0.1) is 0 Å². The molecule has 8 heteroatoms. The molecule has 1 aromatic carbocycles. The number of carbonyl (C=O) groups excluding carboxylic acids is 3. The van der Waals surface area contributed by atoms with E-state index in [1.165, 1.54) is 6.08 Å². The van der Waals surface area contributed by atoms with Gasteiger partial charge in [0.15, 0.2) is 15.6 Å². The van der Waals surface area contributed by atoms with E-state index in [4.69, 9.17) is 5.73 Å². The molecule has 0 radical (unpaired) electrons. The van der Waals surface area contributed by atoms with E-state index in [0.717, 1.165) is 0 Å². The fourth-order valence-corrected chi connectivity index (χ4v) is 4.00. The summed E-state index contributed by atoms with van der Waals surface area (Å²) in [5.41, 5.74) is 5.59. The Morgan fingerprint density at radius 2 is 1.88 bits per heavy atom. The molecule has 3 N–H and O–H groups in total. The highest BCUT2D eigenvalue weighted by Crippen LogP contribution is 2.15. The SMILES string of the molecule is NC(=O)[C@H](C(=O)NC1=CCCCC1=O)S(=O)(=O)Cc1ccccc1. The van der Waals surface area contributed by atoms with Crippen LogP contribution in [0.1, 0.15) is 24.8 Å². The highest BCUT2D eigenvalue weighted by molar-refractivity contribution is 7.92. The minimum absolute atomic E-state index is 0.0208. The third-order valence-electron chi connectivity index (χ3n) is 3.58. The van der Waals surface area contributed by atoms with Crippen molar-refractivity contribution in [3.8, 4) is 0 Å². The topological polar surface area (TPSA) is 123 Å². The molecule has 0 saturated heterocycles. The maximum absolute atomic E-state index is 12.4. The Kier molecular flexibility index (Phi) is 5.50. The number of nitrogens with two attached hydrogens (primary N) is 1. The van der Waals surface area contributed by atoms with E-state index in [1.54, 1.807) is 30.3 Å². The van der Waals surface area contributed by atoms with E-state index >= 15 is 0 Å². The molecule has 0 heterocycles. The maximum atomic E-state index is 12.4. The monoisotopic (exact) mass is 350 g/mol. The Morgan fingerprint density at radius 3 is 2.46 bits per heavy atom. The van der Waals surface area contributed by atoms with Crippen molar-refractivity contribution >= 4 is 27.4 Å². The van der Waals surface area contributed by atoms with Gasteiger partial charge in [-0.3, -0.25) is 14.4 Å². The third kappa shape index (κ3) is 4.29. The minimum Gasteiger partial charge on any atom is -0.368 e. The van der Waals surface area contributed by atoms with Gasteiger partial charge in [-0.2, -0.15) is 0 Å². The quantitative estimate of drug-likeness (QED) is 0.710. The number of primary amides is 1. The number of carbonyl (C=O) groups is 3. The van der Waals surface area contributed by atoms with E-state index in [2.05, 4.69) is 5.32 Å². The molecule has 1 aromatic rings. The molecule has 0 bridgehead atoms. The van der Waals surface area contributed by atoms with Crippen LogP contribution in [0.2, 0.25) is 0 Å². The van der Waals surface area contributed by atoms with Crippen molar-refractivity contribution in [1.29, 1.82) is 0 Å². The lowest BCUT2D eigenvalue weighted by atomic mass is 10.0. The van der Waals surface area contributed by atoms with Gasteiger partial charge in [0, 0.05) is 6.42 Å². The predicted molar refractivity (Wildman–Crippen MR) is 87.1 cm³/mol. The Bertz CT molecular complexity index is 784. The lowest BCUT2D eigenvalue weighted by Gasteiger charge is -2.17. The third-order valence-corrected chi connectivity index (χ3v) is 5.48. The molecule has 1 aliphatic rings. The van der Waals surface area contributed by atoms with E-state index in [1.807, 2.05) is 0 Å². The van der Waals surface area contributed by atoms with Crippen LogP contribution < -0.4 is 11.1 Å². The molecule has 1 aliphatic carbocycles. The van der Waals surface area contributed by atoms with Crippen molar-refractivity contribution in [2.75, 3.05) is 0 Å². The Balaban J connectivity index is 2.21. The maximum Gasteiger partial charge on any atom is 0.252 e. The summed E-state index contributed by atoms with van der Waals surface area (Å²) in [5.74, 6) is -3.16. The van der Waals surface area contributed by atoms with Gasteiger partial charge in [-0.05, 0) is 18.4 Å². The van der Waals surface area contributed by atoms with Crippen molar-refractivity contribution in [3.63, 3.8) is 0 Å². The number of hydrogen-bond donors (Lipinski definition) is 2. The standard InChI is InChI=1S/C16H18N2O5S/c17-15(20)14(16(21)18-12-8-4-5-9-13(12)19)24(22,23)10-11-6-2-1-3-7-11/h1-3,6-8,14H,4-5,9-10H2,(H2,17,20)(H,18,21)/t14-/m1/s1. The van der Waals surface area contributed by atoms with E-state index in [9.17, 15) is 22.8 Å². The molecule has 0 aliphatic heterocycles. The number of hydrogen-bond acceptors (Lipinski definition) is 5. The van der Waals surface area contributed by atoms with Gasteiger partial charge in [0.05, 0.1) is 11.4 Å². The average molecular weight is 350 g/mol. The van der Waals surface area contributed by atoms with E-state index in [-0.39, 0.29) is 17.9 Å². The summed E-state index contributed by atoms with van der Waals surface area (Å²) in [5, 5.41) is 0.187. The van der Waals surface area contributed by atoms with Gasteiger partial charge in [-0.1, -0.05) is 36.4 Å². The van der Waals surface area contributed by atoms with Crippen LogP contribution in [-0.2, 0) is 30.0 Å². The lowest BCUT2D eigenvalue weighted by molar-refractivity contribution is -0.128. The number of amides is 2. The van der Waals surface area contributed by atoms with Gasteiger partial charge in [-0.25, -0.2) is 8.42 Å². The molecule has 2 amide bonds. The average Bonchev–Trinajstić information content (AvgIpc) is 2.49. The van der Waals surface area contributed by atoms with Crippen molar-refractivity contribution in [2.24, 2.45) is 5.73 Å². The number of nitrogens with one attached hydrogen (secondary N) is 1. The molecule has 0 saturated carbocycles. The van der Waals surface area contributed by atoms with Gasteiger partial charge in [0.1, 0.15) is 0 Å². The summed E-state index contributed by atoms with van der Waals surface area (Å²) in [7, 11) is -4.17. The zero-order valence-electron chi connectivity index (χ0n) is 12.9. The molecule has 128 valence electrons. The largest absolute Gasteiger partial charge is 0.368 e. The predicted octanol–water partition coefficient (Wildman–Crippen LogP) is 0.208. The molecule has 24 heavy (non-hydrogen) atoms. The lowest BCUT2D eigenvalue weighted by Crippen LogP contribution is -2.49. The molecule has 1 atom stereocenters. The van der Waals surface area contributed by atoms with Crippen molar-refractivity contribution in [1.82, 2.24) is 5.32 Å². The Labute approximate surface area is 139 Å². The zero-order valence-corrected chi connectivity index (χ0v) is 13.7. The summed E-state index contributed by atoms with van der Waals surface area (Å²) >= 11 is 0. The van der Waals surface area contributed by atoms with Crippen LogP contribution >= 0.6 is 0 Å². The summed E-state index contributed by atoms with van der Waals surface area (Å²) in [6.45, 7) is 0. The van der Waals surface area contributed by atoms with Gasteiger partial charge in [-0.15, -0.1) is 0 Å². The molecule has 0 aromatic heterocycles. The second-order valence-electron chi connectivity index (χ2n) is 5.50. The Hall–Kier alpha value is -2.48. The second-order valence-corrected chi connectivity index (χ2v) is 7.58. The number of allylic oxidation sites excluding steroid dienone is 2. The number of benzene rings is 1. The zero-order chi connectivity index (χ0) is 17.7. The highest BCUT2D eigenvalue weighted by Gasteiger charge is 2.38. The van der Waals surface area contributed by atoms with Crippen molar-refractivity contribution in [3.05, 3.63) is 47.7 Å². The fraction of sp³-hybridized carbons (Fsp3) is 0.312. The number of sulfone groups is 1. The summed E-state index contributed by atoms with van der Waals surface area (Å²) in [6, 6.07) is 8.16. The molecule has 7 nitrogen and oxygen atoms in total.